The molecule has 4 rings (SSSR count). The molecule has 0 aromatic heterocycles. The van der Waals surface area contributed by atoms with Gasteiger partial charge in [-0.15, -0.1) is 0 Å². The lowest BCUT2D eigenvalue weighted by Crippen LogP contribution is -2.45. The van der Waals surface area contributed by atoms with E-state index >= 15 is 0 Å². The summed E-state index contributed by atoms with van der Waals surface area (Å²) < 4.78 is 16.6. The molecule has 2 fully saturated rings. The number of methoxy groups -OCH3 is 1. The van der Waals surface area contributed by atoms with Crippen molar-refractivity contribution in [3.8, 4) is 11.5 Å². The van der Waals surface area contributed by atoms with Gasteiger partial charge in [0.05, 0.1) is 7.11 Å². The summed E-state index contributed by atoms with van der Waals surface area (Å²) >= 11 is 0. The SMILES string of the molecule is COc1cc2c(cc1OC(C)=O)CCC1C2CC[C@@]2(C)C1CC[C@@H]2OC(C)=O. The highest BCUT2D eigenvalue weighted by atomic mass is 16.6. The zero-order valence-corrected chi connectivity index (χ0v) is 17.2. The molecule has 0 radical (unpaired) electrons. The van der Waals surface area contributed by atoms with Crippen molar-refractivity contribution in [1.29, 1.82) is 0 Å². The maximum atomic E-state index is 11.6. The fourth-order valence-electron chi connectivity index (χ4n) is 6.32. The average Bonchev–Trinajstić information content (AvgIpc) is 2.96. The summed E-state index contributed by atoms with van der Waals surface area (Å²) in [5.74, 6) is 2.35. The molecule has 3 aliphatic rings. The topological polar surface area (TPSA) is 61.8 Å². The van der Waals surface area contributed by atoms with Crippen molar-refractivity contribution in [1.82, 2.24) is 0 Å². The van der Waals surface area contributed by atoms with Crippen LogP contribution < -0.4 is 9.47 Å². The summed E-state index contributed by atoms with van der Waals surface area (Å²) in [7, 11) is 1.62. The number of hydrogen-bond donors (Lipinski definition) is 0. The van der Waals surface area contributed by atoms with Crippen LogP contribution in [0.25, 0.3) is 0 Å². The number of benzene rings is 1. The minimum absolute atomic E-state index is 0.0539. The van der Waals surface area contributed by atoms with Crippen LogP contribution in [0.3, 0.4) is 0 Å². The highest BCUT2D eigenvalue weighted by molar-refractivity contribution is 5.71. The van der Waals surface area contributed by atoms with E-state index < -0.39 is 0 Å². The van der Waals surface area contributed by atoms with E-state index in [1.165, 1.54) is 25.0 Å². The van der Waals surface area contributed by atoms with E-state index in [9.17, 15) is 9.59 Å². The molecule has 0 N–H and O–H groups in total. The molecule has 1 aromatic rings. The lowest BCUT2D eigenvalue weighted by atomic mass is 9.55. The highest BCUT2D eigenvalue weighted by Gasteiger charge is 2.56. The zero-order chi connectivity index (χ0) is 20.1. The van der Waals surface area contributed by atoms with Gasteiger partial charge in [-0.05, 0) is 79.5 Å². The van der Waals surface area contributed by atoms with Crippen molar-refractivity contribution in [2.24, 2.45) is 17.3 Å². The molecule has 0 aliphatic heterocycles. The summed E-state index contributed by atoms with van der Waals surface area (Å²) in [5, 5.41) is 0. The Morgan fingerprint density at radius 1 is 1.04 bits per heavy atom. The second kappa shape index (κ2) is 7.09. The summed E-state index contributed by atoms with van der Waals surface area (Å²) in [4.78, 5) is 23.0. The molecule has 3 unspecified atom stereocenters. The molecule has 0 heterocycles. The van der Waals surface area contributed by atoms with Crippen molar-refractivity contribution >= 4 is 11.9 Å². The van der Waals surface area contributed by atoms with Gasteiger partial charge >= 0.3 is 11.9 Å². The third-order valence-electron chi connectivity index (χ3n) is 7.48. The van der Waals surface area contributed by atoms with Gasteiger partial charge in [0.15, 0.2) is 11.5 Å². The first-order valence-electron chi connectivity index (χ1n) is 10.4. The average molecular weight is 386 g/mol. The van der Waals surface area contributed by atoms with E-state index in [-0.39, 0.29) is 23.5 Å². The van der Waals surface area contributed by atoms with Gasteiger partial charge in [0.1, 0.15) is 6.10 Å². The van der Waals surface area contributed by atoms with E-state index in [4.69, 9.17) is 14.2 Å². The highest BCUT2D eigenvalue weighted by Crippen LogP contribution is 2.62. The molecule has 152 valence electrons. The molecule has 5 atom stereocenters. The number of hydrogen-bond acceptors (Lipinski definition) is 5. The predicted molar refractivity (Wildman–Crippen MR) is 104 cm³/mol. The maximum Gasteiger partial charge on any atom is 0.308 e. The second-order valence-corrected chi connectivity index (χ2v) is 8.93. The van der Waals surface area contributed by atoms with E-state index in [0.29, 0.717) is 29.3 Å². The number of esters is 2. The molecule has 28 heavy (non-hydrogen) atoms. The van der Waals surface area contributed by atoms with Crippen LogP contribution >= 0.6 is 0 Å². The molecule has 2 saturated carbocycles. The quantitative estimate of drug-likeness (QED) is 0.569. The number of carbonyl (C=O) groups is 2. The van der Waals surface area contributed by atoms with Crippen LogP contribution in [0.2, 0.25) is 0 Å². The smallest absolute Gasteiger partial charge is 0.308 e. The molecule has 1 aromatic carbocycles. The Balaban J connectivity index is 1.64. The molecule has 0 bridgehead atoms. The van der Waals surface area contributed by atoms with Gasteiger partial charge in [0.2, 0.25) is 0 Å². The largest absolute Gasteiger partial charge is 0.493 e. The van der Waals surface area contributed by atoms with Crippen molar-refractivity contribution in [2.75, 3.05) is 7.11 Å². The lowest BCUT2D eigenvalue weighted by Gasteiger charge is -2.50. The van der Waals surface area contributed by atoms with Crippen molar-refractivity contribution < 1.29 is 23.8 Å². The molecule has 0 spiro atoms. The van der Waals surface area contributed by atoms with Gasteiger partial charge in [-0.2, -0.15) is 0 Å². The van der Waals surface area contributed by atoms with Gasteiger partial charge < -0.3 is 14.2 Å². The van der Waals surface area contributed by atoms with Crippen LogP contribution in [0.1, 0.15) is 69.9 Å². The first kappa shape index (κ1) is 19.3. The Kier molecular flexibility index (Phi) is 4.88. The van der Waals surface area contributed by atoms with Crippen LogP contribution in [0.5, 0.6) is 11.5 Å². The summed E-state index contributed by atoms with van der Waals surface area (Å²) in [5.41, 5.74) is 2.71. The molecular formula is C23H30O5. The Morgan fingerprint density at radius 2 is 1.82 bits per heavy atom. The van der Waals surface area contributed by atoms with Crippen LogP contribution in [0.15, 0.2) is 12.1 Å². The zero-order valence-electron chi connectivity index (χ0n) is 17.2. The number of carbonyl (C=O) groups excluding carboxylic acids is 2. The number of rotatable bonds is 3. The molecule has 0 saturated heterocycles. The van der Waals surface area contributed by atoms with E-state index in [2.05, 4.69) is 13.0 Å². The Hall–Kier alpha value is -2.04. The predicted octanol–water partition coefficient (Wildman–Crippen LogP) is 4.41. The minimum atomic E-state index is -0.331. The minimum Gasteiger partial charge on any atom is -0.493 e. The molecule has 5 nitrogen and oxygen atoms in total. The van der Waals surface area contributed by atoms with Crippen LogP contribution in [-0.4, -0.2) is 25.2 Å². The normalized spacial score (nSPS) is 33.3. The fourth-order valence-corrected chi connectivity index (χ4v) is 6.32. The molecule has 0 amide bonds. The van der Waals surface area contributed by atoms with Crippen molar-refractivity contribution in [3.63, 3.8) is 0 Å². The first-order chi connectivity index (χ1) is 13.3. The van der Waals surface area contributed by atoms with Gasteiger partial charge in [-0.25, -0.2) is 0 Å². The first-order valence-corrected chi connectivity index (χ1v) is 10.4. The third kappa shape index (κ3) is 3.09. The van der Waals surface area contributed by atoms with E-state index in [1.807, 2.05) is 6.07 Å². The van der Waals surface area contributed by atoms with Gasteiger partial charge in [-0.3, -0.25) is 9.59 Å². The number of ether oxygens (including phenoxy) is 3. The molecular weight excluding hydrogens is 356 g/mol. The van der Waals surface area contributed by atoms with E-state index in [0.717, 1.165) is 38.5 Å². The van der Waals surface area contributed by atoms with Crippen LogP contribution in [-0.2, 0) is 20.7 Å². The summed E-state index contributed by atoms with van der Waals surface area (Å²) in [6.07, 6.45) is 6.45. The van der Waals surface area contributed by atoms with Crippen molar-refractivity contribution in [2.45, 2.75) is 71.3 Å². The maximum absolute atomic E-state index is 11.6. The lowest BCUT2D eigenvalue weighted by molar-refractivity contribution is -0.154. The van der Waals surface area contributed by atoms with Gasteiger partial charge in [0, 0.05) is 19.3 Å². The Labute approximate surface area is 166 Å². The van der Waals surface area contributed by atoms with Gasteiger partial charge in [-0.1, -0.05) is 6.92 Å². The summed E-state index contributed by atoms with van der Waals surface area (Å²) in [6, 6.07) is 4.08. The summed E-state index contributed by atoms with van der Waals surface area (Å²) in [6.45, 7) is 5.26. The van der Waals surface area contributed by atoms with Crippen LogP contribution in [0.4, 0.5) is 0 Å². The molecule has 5 heteroatoms. The van der Waals surface area contributed by atoms with E-state index in [1.54, 1.807) is 7.11 Å². The van der Waals surface area contributed by atoms with Crippen molar-refractivity contribution in [3.05, 3.63) is 23.3 Å². The second-order valence-electron chi connectivity index (χ2n) is 8.93. The number of aryl methyl sites for hydroxylation is 1. The third-order valence-corrected chi connectivity index (χ3v) is 7.48. The number of fused-ring (bicyclic) bond motifs is 5. The standard InChI is InChI=1S/C23H30O5/c1-13(24)27-21-11-15-5-6-17-16(18(15)12-20(21)26-4)9-10-23(3)19(17)7-8-22(23)28-14(2)25/h11-12,16-17,19,22H,5-10H2,1-4H3/t16?,17?,19?,22-,23-/m0/s1. The van der Waals surface area contributed by atoms with Gasteiger partial charge in [0.25, 0.3) is 0 Å². The Bertz CT molecular complexity index is 800. The van der Waals surface area contributed by atoms with Crippen LogP contribution in [0, 0.1) is 17.3 Å². The molecule has 3 aliphatic carbocycles. The monoisotopic (exact) mass is 386 g/mol. The Morgan fingerprint density at radius 3 is 2.50 bits per heavy atom. The fraction of sp³-hybridized carbons (Fsp3) is 0.652.